The van der Waals surface area contributed by atoms with Crippen LogP contribution in [-0.2, 0) is 4.79 Å². The molecule has 0 aromatic heterocycles. The Morgan fingerprint density at radius 2 is 2.00 bits per heavy atom. The van der Waals surface area contributed by atoms with Crippen LogP contribution in [0.4, 0.5) is 0 Å². The van der Waals surface area contributed by atoms with Crippen LogP contribution in [0.2, 0.25) is 0 Å². The van der Waals surface area contributed by atoms with Gasteiger partial charge in [0.25, 0.3) is 0 Å². The molecule has 62 valence electrons. The van der Waals surface area contributed by atoms with Crippen LogP contribution in [0.25, 0.3) is 0 Å². The highest BCUT2D eigenvalue weighted by molar-refractivity contribution is 5.85. The molecule has 0 saturated heterocycles. The lowest BCUT2D eigenvalue weighted by Gasteiger charge is -2.25. The highest BCUT2D eigenvalue weighted by atomic mass is 16.2. The monoisotopic (exact) mass is 155 g/mol. The van der Waals surface area contributed by atoms with E-state index >= 15 is 0 Å². The molecule has 0 unspecified atom stereocenters. The standard InChI is InChI=1S/C7H13N3O/c1-7(2,9-5-8)6(11)10(3)4/h9H,1-4H3. The summed E-state index contributed by atoms with van der Waals surface area (Å²) in [6.07, 6.45) is 1.75. The summed E-state index contributed by atoms with van der Waals surface area (Å²) < 4.78 is 0. The lowest BCUT2D eigenvalue weighted by molar-refractivity contribution is -0.134. The van der Waals surface area contributed by atoms with Crippen molar-refractivity contribution in [3.05, 3.63) is 0 Å². The quantitative estimate of drug-likeness (QED) is 0.448. The van der Waals surface area contributed by atoms with E-state index in [9.17, 15) is 4.79 Å². The molecule has 0 aliphatic carbocycles. The van der Waals surface area contributed by atoms with Crippen molar-refractivity contribution >= 4 is 5.91 Å². The third-order valence-electron chi connectivity index (χ3n) is 1.31. The van der Waals surface area contributed by atoms with Gasteiger partial charge in [0.1, 0.15) is 5.54 Å². The smallest absolute Gasteiger partial charge is 0.247 e. The minimum atomic E-state index is -0.793. The van der Waals surface area contributed by atoms with E-state index in [1.165, 1.54) is 4.90 Å². The summed E-state index contributed by atoms with van der Waals surface area (Å²) in [7, 11) is 3.31. The van der Waals surface area contributed by atoms with Crippen molar-refractivity contribution in [1.29, 1.82) is 5.26 Å². The molecular weight excluding hydrogens is 142 g/mol. The fourth-order valence-electron chi connectivity index (χ4n) is 0.752. The molecule has 0 aromatic rings. The number of nitrogens with zero attached hydrogens (tertiary/aromatic N) is 2. The summed E-state index contributed by atoms with van der Waals surface area (Å²) in [5.74, 6) is -0.112. The molecule has 0 bridgehead atoms. The Labute approximate surface area is 66.8 Å². The minimum Gasteiger partial charge on any atom is -0.347 e. The first-order valence-corrected chi connectivity index (χ1v) is 3.30. The maximum absolute atomic E-state index is 11.3. The second kappa shape index (κ2) is 3.24. The summed E-state index contributed by atoms with van der Waals surface area (Å²) in [5.41, 5.74) is -0.793. The highest BCUT2D eigenvalue weighted by Crippen LogP contribution is 2.03. The summed E-state index contributed by atoms with van der Waals surface area (Å²) in [6.45, 7) is 3.33. The number of amides is 1. The Morgan fingerprint density at radius 1 is 1.55 bits per heavy atom. The first kappa shape index (κ1) is 9.76. The Bertz CT molecular complexity index is 190. The number of hydrogen-bond acceptors (Lipinski definition) is 3. The number of nitrogens with one attached hydrogen (secondary N) is 1. The van der Waals surface area contributed by atoms with Gasteiger partial charge in [-0.3, -0.25) is 4.79 Å². The average Bonchev–Trinajstić information content (AvgIpc) is 1.86. The predicted octanol–water partition coefficient (Wildman–Crippen LogP) is -0.0761. The number of likely N-dealkylation sites (N-methyl/N-ethyl adjacent to an activating group) is 1. The third-order valence-corrected chi connectivity index (χ3v) is 1.31. The molecule has 0 spiro atoms. The molecule has 0 saturated carbocycles. The van der Waals surface area contributed by atoms with Gasteiger partial charge in [0.15, 0.2) is 6.19 Å². The van der Waals surface area contributed by atoms with Gasteiger partial charge in [-0.2, -0.15) is 5.26 Å². The molecule has 0 fully saturated rings. The zero-order chi connectivity index (χ0) is 9.07. The van der Waals surface area contributed by atoms with Crippen molar-refractivity contribution in [1.82, 2.24) is 10.2 Å². The van der Waals surface area contributed by atoms with Crippen molar-refractivity contribution in [2.75, 3.05) is 14.1 Å². The Kier molecular flexibility index (Phi) is 2.87. The van der Waals surface area contributed by atoms with E-state index in [-0.39, 0.29) is 5.91 Å². The zero-order valence-electron chi connectivity index (χ0n) is 7.30. The maximum Gasteiger partial charge on any atom is 0.247 e. The summed E-state index contributed by atoms with van der Waals surface area (Å²) >= 11 is 0. The first-order chi connectivity index (χ1) is 4.91. The van der Waals surface area contributed by atoms with Crippen molar-refractivity contribution in [2.24, 2.45) is 0 Å². The number of rotatable bonds is 2. The lowest BCUT2D eigenvalue weighted by atomic mass is 10.1. The molecule has 0 atom stereocenters. The largest absolute Gasteiger partial charge is 0.347 e. The number of hydrogen-bond donors (Lipinski definition) is 1. The van der Waals surface area contributed by atoms with E-state index in [1.54, 1.807) is 34.1 Å². The van der Waals surface area contributed by atoms with Crippen LogP contribution in [-0.4, -0.2) is 30.4 Å². The average molecular weight is 155 g/mol. The van der Waals surface area contributed by atoms with Gasteiger partial charge in [0.2, 0.25) is 5.91 Å². The molecule has 1 amide bonds. The molecule has 0 rings (SSSR count). The summed E-state index contributed by atoms with van der Waals surface area (Å²) in [5, 5.41) is 10.7. The van der Waals surface area contributed by atoms with Crippen molar-refractivity contribution < 1.29 is 4.79 Å². The minimum absolute atomic E-state index is 0.112. The Morgan fingerprint density at radius 3 is 2.27 bits per heavy atom. The van der Waals surface area contributed by atoms with Gasteiger partial charge in [-0.05, 0) is 13.8 Å². The van der Waals surface area contributed by atoms with Gasteiger partial charge in [-0.15, -0.1) is 0 Å². The fourth-order valence-corrected chi connectivity index (χ4v) is 0.752. The Balaban J connectivity index is 4.32. The normalized spacial score (nSPS) is 10.1. The van der Waals surface area contributed by atoms with Crippen LogP contribution >= 0.6 is 0 Å². The highest BCUT2D eigenvalue weighted by Gasteiger charge is 2.28. The van der Waals surface area contributed by atoms with Crippen LogP contribution in [0.15, 0.2) is 0 Å². The van der Waals surface area contributed by atoms with Crippen molar-refractivity contribution in [2.45, 2.75) is 19.4 Å². The fraction of sp³-hybridized carbons (Fsp3) is 0.714. The van der Waals surface area contributed by atoms with Gasteiger partial charge >= 0.3 is 0 Å². The number of carbonyl (C=O) groups is 1. The molecule has 0 radical (unpaired) electrons. The second-order valence-electron chi connectivity index (χ2n) is 3.06. The number of carbonyl (C=O) groups excluding carboxylic acids is 1. The van der Waals surface area contributed by atoms with E-state index in [2.05, 4.69) is 5.32 Å². The van der Waals surface area contributed by atoms with Crippen LogP contribution in [0, 0.1) is 11.5 Å². The topological polar surface area (TPSA) is 56.1 Å². The molecule has 0 aliphatic heterocycles. The molecule has 0 aliphatic rings. The van der Waals surface area contributed by atoms with Crippen LogP contribution in [0.5, 0.6) is 0 Å². The van der Waals surface area contributed by atoms with Crippen molar-refractivity contribution in [3.63, 3.8) is 0 Å². The summed E-state index contributed by atoms with van der Waals surface area (Å²) in [4.78, 5) is 12.7. The predicted molar refractivity (Wildman–Crippen MR) is 41.5 cm³/mol. The van der Waals surface area contributed by atoms with Gasteiger partial charge < -0.3 is 10.2 Å². The Hall–Kier alpha value is -1.24. The molecular formula is C7H13N3O. The molecule has 4 nitrogen and oxygen atoms in total. The molecule has 4 heteroatoms. The SMILES string of the molecule is CN(C)C(=O)C(C)(C)NC#N. The van der Waals surface area contributed by atoms with Crippen LogP contribution < -0.4 is 5.32 Å². The first-order valence-electron chi connectivity index (χ1n) is 3.30. The zero-order valence-corrected chi connectivity index (χ0v) is 7.30. The van der Waals surface area contributed by atoms with Crippen LogP contribution in [0.3, 0.4) is 0 Å². The van der Waals surface area contributed by atoms with Crippen LogP contribution in [0.1, 0.15) is 13.8 Å². The third kappa shape index (κ3) is 2.46. The molecule has 0 aromatic carbocycles. The number of nitriles is 1. The van der Waals surface area contributed by atoms with Gasteiger partial charge in [0.05, 0.1) is 0 Å². The van der Waals surface area contributed by atoms with E-state index in [1.807, 2.05) is 0 Å². The molecule has 1 N–H and O–H groups in total. The lowest BCUT2D eigenvalue weighted by Crippen LogP contribution is -2.50. The van der Waals surface area contributed by atoms with Gasteiger partial charge in [-0.25, -0.2) is 0 Å². The summed E-state index contributed by atoms with van der Waals surface area (Å²) in [6, 6.07) is 0. The van der Waals surface area contributed by atoms with E-state index in [0.717, 1.165) is 0 Å². The van der Waals surface area contributed by atoms with E-state index < -0.39 is 5.54 Å². The second-order valence-corrected chi connectivity index (χ2v) is 3.06. The molecule has 0 heterocycles. The van der Waals surface area contributed by atoms with E-state index in [0.29, 0.717) is 0 Å². The molecule has 11 heavy (non-hydrogen) atoms. The van der Waals surface area contributed by atoms with Gasteiger partial charge in [0, 0.05) is 14.1 Å². The maximum atomic E-state index is 11.3. The van der Waals surface area contributed by atoms with Gasteiger partial charge in [-0.1, -0.05) is 0 Å². The van der Waals surface area contributed by atoms with E-state index in [4.69, 9.17) is 5.26 Å². The van der Waals surface area contributed by atoms with Crippen molar-refractivity contribution in [3.8, 4) is 6.19 Å².